The van der Waals surface area contributed by atoms with E-state index in [-0.39, 0.29) is 11.3 Å². The number of alkyl halides is 1. The number of halogens is 1. The predicted molar refractivity (Wildman–Crippen MR) is 80.6 cm³/mol. The summed E-state index contributed by atoms with van der Waals surface area (Å²) < 4.78 is 26.8. The van der Waals surface area contributed by atoms with Crippen molar-refractivity contribution in [3.63, 3.8) is 0 Å². The summed E-state index contributed by atoms with van der Waals surface area (Å²) in [5.74, 6) is 0. The lowest BCUT2D eigenvalue weighted by molar-refractivity contribution is -0.0639. The fourth-order valence-corrected chi connectivity index (χ4v) is 4.26. The number of sulfonamides is 1. The van der Waals surface area contributed by atoms with Crippen LogP contribution in [0.5, 0.6) is 0 Å². The lowest BCUT2D eigenvalue weighted by Crippen LogP contribution is -2.61. The number of hydrogen-bond acceptors (Lipinski definition) is 5. The monoisotopic (exact) mass is 379 g/mol. The van der Waals surface area contributed by atoms with Crippen molar-refractivity contribution < 1.29 is 23.7 Å². The Hall–Kier alpha value is -0.510. The van der Waals surface area contributed by atoms with Crippen LogP contribution in [0.25, 0.3) is 0 Å². The Bertz CT molecular complexity index is 591. The van der Waals surface area contributed by atoms with Crippen LogP contribution >= 0.6 is 15.9 Å². The minimum absolute atomic E-state index is 0.0444. The zero-order valence-corrected chi connectivity index (χ0v) is 13.8. The minimum atomic E-state index is -3.88. The van der Waals surface area contributed by atoms with Crippen LogP contribution in [0, 0.1) is 6.92 Å². The molecular formula is C13H18BrNO5S. The Morgan fingerprint density at radius 2 is 1.71 bits per heavy atom. The van der Waals surface area contributed by atoms with Gasteiger partial charge in [-0.05, 0) is 25.5 Å². The molecule has 1 aromatic carbocycles. The molecule has 2 rings (SSSR count). The summed E-state index contributed by atoms with van der Waals surface area (Å²) in [4.78, 5) is -0.439. The lowest BCUT2D eigenvalue weighted by Gasteiger charge is -2.38. The van der Waals surface area contributed by atoms with E-state index >= 15 is 0 Å². The van der Waals surface area contributed by atoms with Crippen LogP contribution in [0.2, 0.25) is 0 Å². The van der Waals surface area contributed by atoms with E-state index in [0.717, 1.165) is 5.56 Å². The summed E-state index contributed by atoms with van der Waals surface area (Å²) in [5, 5.41) is 29.7. The fraction of sp³-hybridized carbons (Fsp3) is 0.538. The van der Waals surface area contributed by atoms with Gasteiger partial charge in [-0.3, -0.25) is 0 Å². The second-order valence-electron chi connectivity index (χ2n) is 5.26. The van der Waals surface area contributed by atoms with Crippen molar-refractivity contribution in [1.29, 1.82) is 0 Å². The van der Waals surface area contributed by atoms with E-state index in [2.05, 4.69) is 20.7 Å². The average molecular weight is 380 g/mol. The van der Waals surface area contributed by atoms with Gasteiger partial charge in [0.1, 0.15) is 0 Å². The number of benzene rings is 1. The smallest absolute Gasteiger partial charge is 0.240 e. The van der Waals surface area contributed by atoms with Gasteiger partial charge in [0.05, 0.1) is 29.2 Å². The second kappa shape index (κ2) is 6.31. The van der Waals surface area contributed by atoms with Crippen molar-refractivity contribution in [3.05, 3.63) is 29.8 Å². The van der Waals surface area contributed by atoms with Crippen LogP contribution in [0.15, 0.2) is 29.2 Å². The molecule has 8 heteroatoms. The third kappa shape index (κ3) is 3.64. The van der Waals surface area contributed by atoms with E-state index < -0.39 is 39.2 Å². The molecule has 1 aromatic rings. The van der Waals surface area contributed by atoms with Gasteiger partial charge in [0.2, 0.25) is 10.0 Å². The Morgan fingerprint density at radius 3 is 2.29 bits per heavy atom. The number of aliphatic hydroxyl groups is 3. The van der Waals surface area contributed by atoms with Crippen LogP contribution < -0.4 is 4.72 Å². The van der Waals surface area contributed by atoms with Crippen molar-refractivity contribution in [1.82, 2.24) is 4.72 Å². The van der Waals surface area contributed by atoms with Gasteiger partial charge < -0.3 is 15.3 Å². The predicted octanol–water partition coefficient (Wildman–Crippen LogP) is -0.108. The maximum Gasteiger partial charge on any atom is 0.240 e. The molecule has 0 spiro atoms. The molecule has 0 heterocycles. The quantitative estimate of drug-likeness (QED) is 0.548. The summed E-state index contributed by atoms with van der Waals surface area (Å²) in [5.41, 5.74) is 0.921. The molecule has 1 fully saturated rings. The SMILES string of the molecule is Cc1ccc(S(=O)(=O)N[C@@H]2[C@@H](O)[C@@H](O)[C@@H](Br)C[C@@H]2O)cc1. The molecule has 5 atom stereocenters. The highest BCUT2D eigenvalue weighted by Crippen LogP contribution is 2.27. The van der Waals surface area contributed by atoms with Gasteiger partial charge in [-0.2, -0.15) is 0 Å². The maximum atomic E-state index is 12.3. The molecule has 1 aliphatic carbocycles. The van der Waals surface area contributed by atoms with Crippen LogP contribution in [-0.2, 0) is 10.0 Å². The second-order valence-corrected chi connectivity index (χ2v) is 8.15. The molecule has 1 saturated carbocycles. The highest BCUT2D eigenvalue weighted by Gasteiger charge is 2.43. The minimum Gasteiger partial charge on any atom is -0.391 e. The van der Waals surface area contributed by atoms with Crippen molar-refractivity contribution in [2.24, 2.45) is 0 Å². The first-order chi connectivity index (χ1) is 9.72. The summed E-state index contributed by atoms with van der Waals surface area (Å²) in [6, 6.07) is 5.06. The third-order valence-corrected chi connectivity index (χ3v) is 5.98. The molecule has 0 aliphatic heterocycles. The first kappa shape index (κ1) is 16.9. The summed E-state index contributed by atoms with van der Waals surface area (Å²) in [6.45, 7) is 1.84. The molecule has 0 aromatic heterocycles. The third-order valence-electron chi connectivity index (χ3n) is 3.59. The highest BCUT2D eigenvalue weighted by molar-refractivity contribution is 9.09. The lowest BCUT2D eigenvalue weighted by atomic mass is 9.88. The molecule has 6 nitrogen and oxygen atoms in total. The van der Waals surface area contributed by atoms with E-state index in [1.807, 2.05) is 6.92 Å². The zero-order valence-electron chi connectivity index (χ0n) is 11.3. The Labute approximate surface area is 132 Å². The van der Waals surface area contributed by atoms with Gasteiger partial charge in [0.25, 0.3) is 0 Å². The molecule has 0 unspecified atom stereocenters. The van der Waals surface area contributed by atoms with Crippen molar-refractivity contribution >= 4 is 26.0 Å². The van der Waals surface area contributed by atoms with Crippen molar-refractivity contribution in [2.75, 3.05) is 0 Å². The molecule has 4 N–H and O–H groups in total. The normalized spacial score (nSPS) is 33.9. The summed E-state index contributed by atoms with van der Waals surface area (Å²) in [7, 11) is -3.88. The molecule has 0 radical (unpaired) electrons. The Balaban J connectivity index is 2.21. The van der Waals surface area contributed by atoms with Crippen molar-refractivity contribution in [3.8, 4) is 0 Å². The average Bonchev–Trinajstić information content (AvgIpc) is 2.42. The van der Waals surface area contributed by atoms with Gasteiger partial charge >= 0.3 is 0 Å². The topological polar surface area (TPSA) is 107 Å². The summed E-state index contributed by atoms with van der Waals surface area (Å²) >= 11 is 3.15. The van der Waals surface area contributed by atoms with E-state index in [0.29, 0.717) is 0 Å². The molecule has 21 heavy (non-hydrogen) atoms. The number of nitrogens with one attached hydrogen (secondary N) is 1. The van der Waals surface area contributed by atoms with Gasteiger partial charge in [-0.1, -0.05) is 33.6 Å². The molecular weight excluding hydrogens is 362 g/mol. The van der Waals surface area contributed by atoms with E-state index in [1.165, 1.54) is 12.1 Å². The Kier molecular flexibility index (Phi) is 5.07. The summed E-state index contributed by atoms with van der Waals surface area (Å²) in [6.07, 6.45) is -3.50. The van der Waals surface area contributed by atoms with Crippen molar-refractivity contribution in [2.45, 2.75) is 47.4 Å². The first-order valence-corrected chi connectivity index (χ1v) is 8.89. The maximum absolute atomic E-state index is 12.3. The zero-order chi connectivity index (χ0) is 15.8. The number of aryl methyl sites for hydroxylation is 1. The number of aliphatic hydroxyl groups excluding tert-OH is 3. The van der Waals surface area contributed by atoms with Crippen LogP contribution in [0.4, 0.5) is 0 Å². The molecule has 118 valence electrons. The largest absolute Gasteiger partial charge is 0.391 e. The number of hydrogen-bond donors (Lipinski definition) is 4. The first-order valence-electron chi connectivity index (χ1n) is 6.49. The van der Waals surface area contributed by atoms with E-state index in [4.69, 9.17) is 0 Å². The van der Waals surface area contributed by atoms with Gasteiger partial charge in [-0.15, -0.1) is 0 Å². The molecule has 0 saturated heterocycles. The van der Waals surface area contributed by atoms with Crippen LogP contribution in [0.3, 0.4) is 0 Å². The van der Waals surface area contributed by atoms with Crippen LogP contribution in [0.1, 0.15) is 12.0 Å². The molecule has 0 bridgehead atoms. The fourth-order valence-electron chi connectivity index (χ4n) is 2.28. The molecule has 0 amide bonds. The van der Waals surface area contributed by atoms with Gasteiger partial charge in [0.15, 0.2) is 0 Å². The number of rotatable bonds is 3. The van der Waals surface area contributed by atoms with Crippen LogP contribution in [-0.4, -0.2) is 52.9 Å². The standard InChI is InChI=1S/C13H18BrNO5S/c1-7-2-4-8(5-3-7)21(19,20)15-11-10(16)6-9(14)12(17)13(11)18/h2-5,9-13,15-18H,6H2,1H3/t9-,10-,11-,12-,13+/m0/s1. The van der Waals surface area contributed by atoms with Gasteiger partial charge in [0, 0.05) is 4.83 Å². The Morgan fingerprint density at radius 1 is 1.14 bits per heavy atom. The molecule has 1 aliphatic rings. The van der Waals surface area contributed by atoms with E-state index in [9.17, 15) is 23.7 Å². The van der Waals surface area contributed by atoms with Gasteiger partial charge in [-0.25, -0.2) is 13.1 Å². The highest BCUT2D eigenvalue weighted by atomic mass is 79.9. The van der Waals surface area contributed by atoms with E-state index in [1.54, 1.807) is 12.1 Å².